The average Bonchev–Trinajstić information content (AvgIpc) is 2.58. The summed E-state index contributed by atoms with van der Waals surface area (Å²) in [6.45, 7) is 2.66. The Hall–Kier alpha value is -2.41. The van der Waals surface area contributed by atoms with Gasteiger partial charge in [-0.05, 0) is 55.8 Å². The number of hydrogen-bond donors (Lipinski definition) is 1. The van der Waals surface area contributed by atoms with E-state index in [-0.39, 0.29) is 0 Å². The van der Waals surface area contributed by atoms with Crippen LogP contribution in [0.5, 0.6) is 5.75 Å². The smallest absolute Gasteiger partial charge is 0.347 e. The molecule has 0 aliphatic heterocycles. The number of rotatable bonds is 6. The summed E-state index contributed by atoms with van der Waals surface area (Å²) in [6, 6.07) is 11.3. The Morgan fingerprint density at radius 3 is 2.52 bits per heavy atom. The molecule has 1 atom stereocenters. The van der Waals surface area contributed by atoms with Crippen LogP contribution in [0.3, 0.4) is 0 Å². The van der Waals surface area contributed by atoms with Crippen molar-refractivity contribution in [2.45, 2.75) is 20.0 Å². The molecule has 0 fully saturated rings. The number of amides is 1. The first-order valence-electron chi connectivity index (χ1n) is 7.50. The lowest BCUT2D eigenvalue weighted by atomic mass is 10.2. The highest BCUT2D eigenvalue weighted by Gasteiger charge is 2.18. The van der Waals surface area contributed by atoms with E-state index in [1.54, 1.807) is 43.3 Å². The lowest BCUT2D eigenvalue weighted by Crippen LogP contribution is -2.29. The Morgan fingerprint density at radius 1 is 1.20 bits per heavy atom. The molecule has 5 nitrogen and oxygen atoms in total. The minimum Gasteiger partial charge on any atom is -0.479 e. The summed E-state index contributed by atoms with van der Waals surface area (Å²) in [5, 5.41) is 2.46. The number of anilines is 1. The van der Waals surface area contributed by atoms with Crippen LogP contribution in [0.2, 0.25) is 0 Å². The van der Waals surface area contributed by atoms with E-state index in [1.807, 2.05) is 0 Å². The van der Waals surface area contributed by atoms with E-state index in [0.29, 0.717) is 17.0 Å². The third kappa shape index (κ3) is 5.86. The Morgan fingerprint density at radius 2 is 1.88 bits per heavy atom. The molecule has 0 radical (unpaired) electrons. The Labute approximate surface area is 153 Å². The number of aryl methyl sites for hydroxylation is 1. The second kappa shape index (κ2) is 8.62. The predicted molar refractivity (Wildman–Crippen MR) is 95.0 cm³/mol. The molecule has 0 aromatic heterocycles. The fraction of sp³-hybridized carbons (Fsp3) is 0.222. The minimum absolute atomic E-state index is 0.295. The van der Waals surface area contributed by atoms with E-state index in [1.165, 1.54) is 13.0 Å². The van der Waals surface area contributed by atoms with Gasteiger partial charge in [0.25, 0.3) is 5.91 Å². The number of nitrogens with one attached hydrogen (secondary N) is 1. The molecule has 1 amide bonds. The molecule has 2 aromatic rings. The summed E-state index contributed by atoms with van der Waals surface area (Å²) in [5.41, 5.74) is 0.770. The Bertz CT molecular complexity index is 764. The summed E-state index contributed by atoms with van der Waals surface area (Å²) in [7, 11) is 0. The first-order chi connectivity index (χ1) is 11.8. The standard InChI is InChI=1S/C18H17BrFNO4/c1-11-3-6-14(9-16(11)20)21-17(22)10-24-18(23)12(2)25-15-7-4-13(19)5-8-15/h3-9,12H,10H2,1-2H3,(H,21,22)/t12-/m0/s1. The third-order valence-electron chi connectivity index (χ3n) is 3.26. The normalized spacial score (nSPS) is 11.5. The van der Waals surface area contributed by atoms with Crippen molar-refractivity contribution in [2.24, 2.45) is 0 Å². The molecule has 0 saturated heterocycles. The number of ether oxygens (including phenoxy) is 2. The van der Waals surface area contributed by atoms with Gasteiger partial charge >= 0.3 is 5.97 Å². The summed E-state index contributed by atoms with van der Waals surface area (Å²) in [5.74, 6) is -1.15. The van der Waals surface area contributed by atoms with Crippen LogP contribution in [0.15, 0.2) is 46.9 Å². The van der Waals surface area contributed by atoms with Gasteiger partial charge in [0.1, 0.15) is 11.6 Å². The quantitative estimate of drug-likeness (QED) is 0.735. The van der Waals surface area contributed by atoms with Gasteiger partial charge in [0.15, 0.2) is 12.7 Å². The summed E-state index contributed by atoms with van der Waals surface area (Å²) < 4.78 is 24.7. The second-order valence-corrected chi connectivity index (χ2v) is 6.25. The van der Waals surface area contributed by atoms with Crippen molar-refractivity contribution in [1.82, 2.24) is 0 Å². The average molecular weight is 410 g/mol. The molecule has 0 aliphatic rings. The molecule has 25 heavy (non-hydrogen) atoms. The van der Waals surface area contributed by atoms with Crippen molar-refractivity contribution in [3.63, 3.8) is 0 Å². The SMILES string of the molecule is Cc1ccc(NC(=O)COC(=O)[C@H](C)Oc2ccc(Br)cc2)cc1F. The van der Waals surface area contributed by atoms with Crippen LogP contribution in [0.25, 0.3) is 0 Å². The fourth-order valence-corrected chi connectivity index (χ4v) is 2.15. The first-order valence-corrected chi connectivity index (χ1v) is 8.29. The number of hydrogen-bond acceptors (Lipinski definition) is 4. The molecule has 0 unspecified atom stereocenters. The van der Waals surface area contributed by atoms with Crippen LogP contribution in [0, 0.1) is 12.7 Å². The van der Waals surface area contributed by atoms with Crippen molar-refractivity contribution in [2.75, 3.05) is 11.9 Å². The maximum atomic E-state index is 13.4. The largest absolute Gasteiger partial charge is 0.479 e. The third-order valence-corrected chi connectivity index (χ3v) is 3.79. The van der Waals surface area contributed by atoms with Crippen LogP contribution >= 0.6 is 15.9 Å². The van der Waals surface area contributed by atoms with Crippen LogP contribution in [0.1, 0.15) is 12.5 Å². The van der Waals surface area contributed by atoms with Gasteiger partial charge in [0, 0.05) is 10.2 Å². The molecule has 0 aliphatic carbocycles. The molecular formula is C18H17BrFNO4. The highest BCUT2D eigenvalue weighted by molar-refractivity contribution is 9.10. The van der Waals surface area contributed by atoms with E-state index >= 15 is 0 Å². The van der Waals surface area contributed by atoms with E-state index in [0.717, 1.165) is 4.47 Å². The molecule has 132 valence electrons. The number of carbonyl (C=O) groups is 2. The van der Waals surface area contributed by atoms with Gasteiger partial charge in [0.05, 0.1) is 0 Å². The van der Waals surface area contributed by atoms with Gasteiger partial charge in [-0.3, -0.25) is 4.79 Å². The van der Waals surface area contributed by atoms with E-state index in [9.17, 15) is 14.0 Å². The molecule has 0 spiro atoms. The Kier molecular flexibility index (Phi) is 6.52. The van der Waals surface area contributed by atoms with Crippen LogP contribution in [-0.4, -0.2) is 24.6 Å². The van der Waals surface area contributed by atoms with Crippen molar-refractivity contribution in [3.05, 3.63) is 58.3 Å². The molecule has 0 bridgehead atoms. The predicted octanol–water partition coefficient (Wildman–Crippen LogP) is 3.85. The van der Waals surface area contributed by atoms with Gasteiger partial charge in [-0.2, -0.15) is 0 Å². The maximum Gasteiger partial charge on any atom is 0.347 e. The van der Waals surface area contributed by atoms with E-state index in [2.05, 4.69) is 21.2 Å². The molecule has 1 N–H and O–H groups in total. The van der Waals surface area contributed by atoms with Crippen molar-refractivity contribution in [1.29, 1.82) is 0 Å². The zero-order valence-electron chi connectivity index (χ0n) is 13.7. The minimum atomic E-state index is -0.870. The van der Waals surface area contributed by atoms with Crippen molar-refractivity contribution < 1.29 is 23.5 Å². The van der Waals surface area contributed by atoms with Gasteiger partial charge in [-0.25, -0.2) is 9.18 Å². The summed E-state index contributed by atoms with van der Waals surface area (Å²) in [6.07, 6.45) is -0.870. The number of halogens is 2. The number of benzene rings is 2. The van der Waals surface area contributed by atoms with Gasteiger partial charge in [-0.15, -0.1) is 0 Å². The zero-order chi connectivity index (χ0) is 18.4. The lowest BCUT2D eigenvalue weighted by molar-refractivity contribution is -0.153. The molecule has 0 heterocycles. The molecule has 2 rings (SSSR count). The van der Waals surface area contributed by atoms with Crippen molar-refractivity contribution >= 4 is 33.5 Å². The second-order valence-electron chi connectivity index (χ2n) is 5.33. The lowest BCUT2D eigenvalue weighted by Gasteiger charge is -2.14. The highest BCUT2D eigenvalue weighted by Crippen LogP contribution is 2.17. The molecule has 0 saturated carbocycles. The number of carbonyl (C=O) groups excluding carboxylic acids is 2. The monoisotopic (exact) mass is 409 g/mol. The zero-order valence-corrected chi connectivity index (χ0v) is 15.3. The van der Waals surface area contributed by atoms with Gasteiger partial charge < -0.3 is 14.8 Å². The number of esters is 1. The van der Waals surface area contributed by atoms with E-state index in [4.69, 9.17) is 9.47 Å². The van der Waals surface area contributed by atoms with Gasteiger partial charge in [-0.1, -0.05) is 22.0 Å². The first kappa shape index (κ1) is 18.9. The maximum absolute atomic E-state index is 13.4. The highest BCUT2D eigenvalue weighted by atomic mass is 79.9. The summed E-state index contributed by atoms with van der Waals surface area (Å²) >= 11 is 3.30. The molecular weight excluding hydrogens is 393 g/mol. The van der Waals surface area contributed by atoms with Crippen LogP contribution < -0.4 is 10.1 Å². The van der Waals surface area contributed by atoms with Crippen LogP contribution in [-0.2, 0) is 14.3 Å². The molecule has 2 aromatic carbocycles. The topological polar surface area (TPSA) is 64.6 Å². The van der Waals surface area contributed by atoms with Crippen molar-refractivity contribution in [3.8, 4) is 5.75 Å². The van der Waals surface area contributed by atoms with Crippen LogP contribution in [0.4, 0.5) is 10.1 Å². The molecule has 7 heteroatoms. The van der Waals surface area contributed by atoms with E-state index < -0.39 is 30.4 Å². The van der Waals surface area contributed by atoms with Gasteiger partial charge in [0.2, 0.25) is 0 Å². The summed E-state index contributed by atoms with van der Waals surface area (Å²) in [4.78, 5) is 23.6. The fourth-order valence-electron chi connectivity index (χ4n) is 1.89. The Balaban J connectivity index is 1.80.